The summed E-state index contributed by atoms with van der Waals surface area (Å²) in [7, 11) is 0. The first kappa shape index (κ1) is 14.3. The average molecular weight is 283 g/mol. The van der Waals surface area contributed by atoms with Gasteiger partial charge in [0.1, 0.15) is 5.82 Å². The van der Waals surface area contributed by atoms with Gasteiger partial charge in [0.05, 0.1) is 0 Å². The normalized spacial score (nSPS) is 25.9. The molecule has 0 radical (unpaired) electrons. The summed E-state index contributed by atoms with van der Waals surface area (Å²) >= 11 is 0. The maximum atomic E-state index is 6.04. The van der Waals surface area contributed by atoms with Crippen molar-refractivity contribution in [2.24, 2.45) is 11.7 Å². The molecule has 1 aromatic carbocycles. The molecule has 0 amide bonds. The van der Waals surface area contributed by atoms with Crippen LogP contribution >= 0.6 is 0 Å². The lowest BCUT2D eigenvalue weighted by Crippen LogP contribution is -2.32. The average Bonchev–Trinajstić information content (AvgIpc) is 3.03. The number of hydrogen-bond acceptors (Lipinski definition) is 2. The van der Waals surface area contributed by atoms with Crippen molar-refractivity contribution in [2.75, 3.05) is 6.54 Å². The van der Waals surface area contributed by atoms with E-state index >= 15 is 0 Å². The summed E-state index contributed by atoms with van der Waals surface area (Å²) in [6, 6.07) is 11.4. The van der Waals surface area contributed by atoms with E-state index in [1.807, 2.05) is 6.20 Å². The molecule has 3 heteroatoms. The first-order chi connectivity index (χ1) is 10.3. The van der Waals surface area contributed by atoms with Gasteiger partial charge >= 0.3 is 0 Å². The van der Waals surface area contributed by atoms with E-state index in [2.05, 4.69) is 53.0 Å². The van der Waals surface area contributed by atoms with Crippen molar-refractivity contribution in [2.45, 2.75) is 44.6 Å². The molecule has 3 unspecified atom stereocenters. The quantitative estimate of drug-likeness (QED) is 0.933. The molecule has 1 aliphatic rings. The third-order valence-electron chi connectivity index (χ3n) is 4.95. The minimum atomic E-state index is 0.492. The van der Waals surface area contributed by atoms with Gasteiger partial charge in [-0.2, -0.15) is 0 Å². The van der Waals surface area contributed by atoms with E-state index < -0.39 is 0 Å². The number of nitrogens with two attached hydrogens (primary N) is 1. The van der Waals surface area contributed by atoms with Gasteiger partial charge < -0.3 is 10.3 Å². The van der Waals surface area contributed by atoms with E-state index in [1.165, 1.54) is 30.7 Å². The Labute approximate surface area is 127 Å². The second-order valence-corrected chi connectivity index (χ2v) is 6.09. The fourth-order valence-electron chi connectivity index (χ4n) is 3.77. The number of aryl methyl sites for hydroxylation is 1. The van der Waals surface area contributed by atoms with Crippen molar-refractivity contribution < 1.29 is 0 Å². The van der Waals surface area contributed by atoms with Crippen LogP contribution in [0.1, 0.15) is 49.5 Å². The van der Waals surface area contributed by atoms with Crippen molar-refractivity contribution in [1.29, 1.82) is 0 Å². The fraction of sp³-hybridized carbons (Fsp3) is 0.500. The summed E-state index contributed by atoms with van der Waals surface area (Å²) < 4.78 is 2.38. The van der Waals surface area contributed by atoms with Crippen LogP contribution in [-0.2, 0) is 6.42 Å². The Hall–Kier alpha value is -1.61. The topological polar surface area (TPSA) is 43.8 Å². The summed E-state index contributed by atoms with van der Waals surface area (Å²) in [5, 5.41) is 0. The number of rotatable bonds is 4. The van der Waals surface area contributed by atoms with Gasteiger partial charge in [0.15, 0.2) is 0 Å². The molecule has 21 heavy (non-hydrogen) atoms. The van der Waals surface area contributed by atoms with E-state index in [9.17, 15) is 0 Å². The molecule has 1 heterocycles. The van der Waals surface area contributed by atoms with Gasteiger partial charge in [-0.15, -0.1) is 0 Å². The maximum absolute atomic E-state index is 6.04. The highest BCUT2D eigenvalue weighted by molar-refractivity contribution is 5.20. The molecule has 2 N–H and O–H groups in total. The van der Waals surface area contributed by atoms with Crippen LogP contribution in [0.4, 0.5) is 0 Å². The molecule has 3 nitrogen and oxygen atoms in total. The highest BCUT2D eigenvalue weighted by atomic mass is 15.1. The number of hydrogen-bond donors (Lipinski definition) is 1. The van der Waals surface area contributed by atoms with Crippen molar-refractivity contribution in [1.82, 2.24) is 9.55 Å². The zero-order chi connectivity index (χ0) is 14.7. The largest absolute Gasteiger partial charge is 0.332 e. The molecule has 2 aromatic rings. The summed E-state index contributed by atoms with van der Waals surface area (Å²) in [6.45, 7) is 2.95. The summed E-state index contributed by atoms with van der Waals surface area (Å²) in [5.74, 6) is 2.41. The van der Waals surface area contributed by atoms with Gasteiger partial charge in [-0.25, -0.2) is 4.98 Å². The molecule has 1 fully saturated rings. The third kappa shape index (κ3) is 2.88. The zero-order valence-electron chi connectivity index (χ0n) is 12.8. The van der Waals surface area contributed by atoms with Gasteiger partial charge in [-0.3, -0.25) is 0 Å². The standard InChI is InChI=1S/C18H25N3/c1-2-18-20-10-11-21(18)17-12-15(8-9-16(17)13-19)14-6-4-3-5-7-14/h3-7,10-11,15-17H,2,8-9,12-13,19H2,1H3. The summed E-state index contributed by atoms with van der Waals surface area (Å²) in [4.78, 5) is 4.50. The minimum Gasteiger partial charge on any atom is -0.332 e. The van der Waals surface area contributed by atoms with Crippen LogP contribution in [0.15, 0.2) is 42.7 Å². The van der Waals surface area contributed by atoms with Gasteiger partial charge in [0, 0.05) is 24.9 Å². The molecule has 0 bridgehead atoms. The SMILES string of the molecule is CCc1nccn1C1CC(c2ccccc2)CCC1CN. The van der Waals surface area contributed by atoms with E-state index in [-0.39, 0.29) is 0 Å². The van der Waals surface area contributed by atoms with Crippen LogP contribution < -0.4 is 5.73 Å². The number of aromatic nitrogens is 2. The number of benzene rings is 1. The lowest BCUT2D eigenvalue weighted by atomic mass is 9.75. The smallest absolute Gasteiger partial charge is 0.108 e. The van der Waals surface area contributed by atoms with Crippen molar-refractivity contribution in [3.05, 3.63) is 54.1 Å². The van der Waals surface area contributed by atoms with Crippen LogP contribution in [0.25, 0.3) is 0 Å². The lowest BCUT2D eigenvalue weighted by Gasteiger charge is -2.37. The molecule has 1 saturated carbocycles. The Morgan fingerprint density at radius 2 is 2.05 bits per heavy atom. The van der Waals surface area contributed by atoms with Crippen LogP contribution in [0, 0.1) is 5.92 Å². The van der Waals surface area contributed by atoms with Crippen LogP contribution in [-0.4, -0.2) is 16.1 Å². The zero-order valence-corrected chi connectivity index (χ0v) is 12.8. The predicted octanol–water partition coefficient (Wildman–Crippen LogP) is 3.53. The highest BCUT2D eigenvalue weighted by Crippen LogP contribution is 2.42. The Morgan fingerprint density at radius 3 is 2.76 bits per heavy atom. The van der Waals surface area contributed by atoms with Crippen molar-refractivity contribution >= 4 is 0 Å². The first-order valence-corrected chi connectivity index (χ1v) is 8.10. The van der Waals surface area contributed by atoms with Gasteiger partial charge in [0.25, 0.3) is 0 Å². The van der Waals surface area contributed by atoms with Crippen molar-refractivity contribution in [3.8, 4) is 0 Å². The van der Waals surface area contributed by atoms with Crippen LogP contribution in [0.3, 0.4) is 0 Å². The van der Waals surface area contributed by atoms with Gasteiger partial charge in [0.2, 0.25) is 0 Å². The lowest BCUT2D eigenvalue weighted by molar-refractivity contribution is 0.219. The monoisotopic (exact) mass is 283 g/mol. The number of imidazole rings is 1. The molecule has 1 aliphatic carbocycles. The van der Waals surface area contributed by atoms with E-state index in [0.29, 0.717) is 17.9 Å². The second-order valence-electron chi connectivity index (χ2n) is 6.09. The van der Waals surface area contributed by atoms with Crippen LogP contribution in [0.2, 0.25) is 0 Å². The van der Waals surface area contributed by atoms with E-state index in [4.69, 9.17) is 5.73 Å². The summed E-state index contributed by atoms with van der Waals surface area (Å²) in [6.07, 6.45) is 8.69. The van der Waals surface area contributed by atoms with Gasteiger partial charge in [-0.05, 0) is 43.2 Å². The Bertz CT molecular complexity index is 561. The van der Waals surface area contributed by atoms with E-state index in [0.717, 1.165) is 13.0 Å². The Morgan fingerprint density at radius 1 is 1.24 bits per heavy atom. The highest BCUT2D eigenvalue weighted by Gasteiger charge is 2.32. The molecule has 0 aliphatic heterocycles. The van der Waals surface area contributed by atoms with Gasteiger partial charge in [-0.1, -0.05) is 37.3 Å². The van der Waals surface area contributed by atoms with E-state index in [1.54, 1.807) is 0 Å². The molecule has 3 rings (SSSR count). The molecular weight excluding hydrogens is 258 g/mol. The molecule has 112 valence electrons. The minimum absolute atomic E-state index is 0.492. The molecule has 3 atom stereocenters. The summed E-state index contributed by atoms with van der Waals surface area (Å²) in [5.41, 5.74) is 7.51. The molecule has 0 saturated heterocycles. The first-order valence-electron chi connectivity index (χ1n) is 8.10. The Kier molecular flexibility index (Phi) is 4.39. The van der Waals surface area contributed by atoms with Crippen molar-refractivity contribution in [3.63, 3.8) is 0 Å². The molecule has 1 aromatic heterocycles. The predicted molar refractivity (Wildman–Crippen MR) is 86.2 cm³/mol. The maximum Gasteiger partial charge on any atom is 0.108 e. The third-order valence-corrected chi connectivity index (χ3v) is 4.95. The fourth-order valence-corrected chi connectivity index (χ4v) is 3.77. The van der Waals surface area contributed by atoms with Crippen LogP contribution in [0.5, 0.6) is 0 Å². The Balaban J connectivity index is 1.86. The second kappa shape index (κ2) is 6.44. The molecule has 0 spiro atoms. The molecular formula is C18H25N3. The number of nitrogens with zero attached hydrogens (tertiary/aromatic N) is 2.